The molecule has 1 aromatic carbocycles. The van der Waals surface area contributed by atoms with Gasteiger partial charge in [-0.25, -0.2) is 4.68 Å². The van der Waals surface area contributed by atoms with Crippen LogP contribution in [-0.2, 0) is 18.0 Å². The summed E-state index contributed by atoms with van der Waals surface area (Å²) in [6, 6.07) is 10.2. The second-order valence-electron chi connectivity index (χ2n) is 7.35. The van der Waals surface area contributed by atoms with Gasteiger partial charge in [-0.05, 0) is 52.5 Å². The molecule has 0 spiro atoms. The van der Waals surface area contributed by atoms with Gasteiger partial charge in [0, 0.05) is 5.54 Å². The molecular formula is C18H27N5OS. The predicted molar refractivity (Wildman–Crippen MR) is 102 cm³/mol. The van der Waals surface area contributed by atoms with E-state index in [0.29, 0.717) is 24.5 Å². The van der Waals surface area contributed by atoms with Crippen LogP contribution in [0.4, 0.5) is 0 Å². The number of aromatic nitrogens is 3. The molecule has 0 unspecified atom stereocenters. The van der Waals surface area contributed by atoms with E-state index in [-0.39, 0.29) is 11.4 Å². The summed E-state index contributed by atoms with van der Waals surface area (Å²) in [5.74, 6) is 0.850. The number of carbonyl (C=O) groups is 1. The van der Waals surface area contributed by atoms with Crippen molar-refractivity contribution in [1.29, 1.82) is 0 Å². The van der Waals surface area contributed by atoms with Crippen molar-refractivity contribution in [2.45, 2.75) is 46.4 Å². The molecule has 25 heavy (non-hydrogen) atoms. The van der Waals surface area contributed by atoms with Gasteiger partial charge >= 0.3 is 0 Å². The third-order valence-electron chi connectivity index (χ3n) is 3.59. The van der Waals surface area contributed by atoms with Crippen LogP contribution in [0.2, 0.25) is 0 Å². The van der Waals surface area contributed by atoms with E-state index < -0.39 is 0 Å². The lowest BCUT2D eigenvalue weighted by Crippen LogP contribution is -2.45. The van der Waals surface area contributed by atoms with Crippen molar-refractivity contribution in [2.24, 2.45) is 0 Å². The second kappa shape index (κ2) is 7.93. The molecule has 0 saturated carbocycles. The van der Waals surface area contributed by atoms with Gasteiger partial charge in [-0.1, -0.05) is 30.3 Å². The Balaban J connectivity index is 2.04. The van der Waals surface area contributed by atoms with E-state index in [2.05, 4.69) is 22.5 Å². The lowest BCUT2D eigenvalue weighted by molar-refractivity contribution is -0.123. The first-order chi connectivity index (χ1) is 11.7. The zero-order valence-electron chi connectivity index (χ0n) is 15.6. The van der Waals surface area contributed by atoms with Gasteiger partial charge in [0.25, 0.3) is 0 Å². The molecule has 1 aromatic heterocycles. The van der Waals surface area contributed by atoms with Crippen LogP contribution in [0.5, 0.6) is 0 Å². The van der Waals surface area contributed by atoms with Crippen molar-refractivity contribution in [1.82, 2.24) is 24.6 Å². The number of hydrogen-bond donors (Lipinski definition) is 1. The molecule has 136 valence electrons. The second-order valence-corrected chi connectivity index (χ2v) is 7.72. The summed E-state index contributed by atoms with van der Waals surface area (Å²) in [5.41, 5.74) is 0.946. The Morgan fingerprint density at radius 2 is 1.92 bits per heavy atom. The average Bonchev–Trinajstić information content (AvgIpc) is 2.73. The van der Waals surface area contributed by atoms with Crippen molar-refractivity contribution in [3.8, 4) is 0 Å². The third kappa shape index (κ3) is 5.79. The van der Waals surface area contributed by atoms with Crippen LogP contribution in [0.25, 0.3) is 0 Å². The van der Waals surface area contributed by atoms with E-state index in [9.17, 15) is 4.79 Å². The van der Waals surface area contributed by atoms with E-state index in [1.807, 2.05) is 62.4 Å². The van der Waals surface area contributed by atoms with Crippen molar-refractivity contribution >= 4 is 18.1 Å². The predicted octanol–water partition coefficient (Wildman–Crippen LogP) is 2.57. The maximum atomic E-state index is 12.0. The highest BCUT2D eigenvalue weighted by Crippen LogP contribution is 2.08. The minimum absolute atomic E-state index is 0.0121. The molecule has 1 amide bonds. The quantitative estimate of drug-likeness (QED) is 0.804. The molecule has 0 fully saturated rings. The number of hydrogen-bond acceptors (Lipinski definition) is 4. The summed E-state index contributed by atoms with van der Waals surface area (Å²) in [5, 5.41) is 7.49. The fourth-order valence-electron chi connectivity index (χ4n) is 2.57. The maximum absolute atomic E-state index is 12.0. The number of amides is 1. The van der Waals surface area contributed by atoms with Gasteiger partial charge in [-0.2, -0.15) is 5.10 Å². The lowest BCUT2D eigenvalue weighted by Gasteiger charge is -2.23. The van der Waals surface area contributed by atoms with Crippen molar-refractivity contribution < 1.29 is 4.79 Å². The summed E-state index contributed by atoms with van der Waals surface area (Å²) >= 11 is 5.57. The van der Waals surface area contributed by atoms with Crippen molar-refractivity contribution in [3.05, 3.63) is 46.5 Å². The monoisotopic (exact) mass is 361 g/mol. The fourth-order valence-corrected chi connectivity index (χ4v) is 2.87. The first-order valence-corrected chi connectivity index (χ1v) is 8.74. The molecule has 0 radical (unpaired) electrons. The molecule has 1 heterocycles. The SMILES string of the molecule is Cc1nn(CN(C)CC(=O)NC(C)(C)C)c(=S)n1Cc1ccccc1. The van der Waals surface area contributed by atoms with Gasteiger partial charge in [0.2, 0.25) is 5.91 Å². The highest BCUT2D eigenvalue weighted by atomic mass is 32.1. The number of carbonyl (C=O) groups excluding carboxylic acids is 1. The largest absolute Gasteiger partial charge is 0.350 e. The Bertz CT molecular complexity index is 773. The van der Waals surface area contributed by atoms with Gasteiger partial charge in [-0.3, -0.25) is 14.3 Å². The fraction of sp³-hybridized carbons (Fsp3) is 0.500. The molecule has 0 aliphatic heterocycles. The number of nitrogens with one attached hydrogen (secondary N) is 1. The highest BCUT2D eigenvalue weighted by molar-refractivity contribution is 7.71. The molecule has 2 aromatic rings. The summed E-state index contributed by atoms with van der Waals surface area (Å²) in [6.07, 6.45) is 0. The Morgan fingerprint density at radius 3 is 2.52 bits per heavy atom. The molecule has 0 aliphatic rings. The zero-order chi connectivity index (χ0) is 18.6. The molecule has 2 rings (SSSR count). The van der Waals surface area contributed by atoms with E-state index in [1.54, 1.807) is 4.68 Å². The normalized spacial score (nSPS) is 11.8. The van der Waals surface area contributed by atoms with Crippen LogP contribution in [0.15, 0.2) is 30.3 Å². The summed E-state index contributed by atoms with van der Waals surface area (Å²) < 4.78 is 4.43. The van der Waals surface area contributed by atoms with Crippen LogP contribution < -0.4 is 5.32 Å². The van der Waals surface area contributed by atoms with Gasteiger partial charge in [-0.15, -0.1) is 0 Å². The molecule has 0 atom stereocenters. The summed E-state index contributed by atoms with van der Waals surface area (Å²) in [6.45, 7) is 9.31. The zero-order valence-corrected chi connectivity index (χ0v) is 16.4. The van der Waals surface area contributed by atoms with Crippen LogP contribution in [0.1, 0.15) is 32.2 Å². The molecule has 7 heteroatoms. The lowest BCUT2D eigenvalue weighted by atomic mass is 10.1. The van der Waals surface area contributed by atoms with Crippen molar-refractivity contribution in [3.63, 3.8) is 0 Å². The molecule has 0 bridgehead atoms. The van der Waals surface area contributed by atoms with Crippen LogP contribution >= 0.6 is 12.2 Å². The van der Waals surface area contributed by atoms with E-state index >= 15 is 0 Å². The van der Waals surface area contributed by atoms with Gasteiger partial charge in [0.1, 0.15) is 5.82 Å². The Morgan fingerprint density at radius 1 is 1.28 bits per heavy atom. The number of benzene rings is 1. The van der Waals surface area contributed by atoms with Crippen LogP contribution in [0.3, 0.4) is 0 Å². The number of aryl methyl sites for hydroxylation is 1. The van der Waals surface area contributed by atoms with E-state index in [0.717, 1.165) is 5.82 Å². The number of likely N-dealkylation sites (N-methyl/N-ethyl adjacent to an activating group) is 1. The Labute approximate surface area is 154 Å². The minimum atomic E-state index is -0.234. The van der Waals surface area contributed by atoms with Gasteiger partial charge < -0.3 is 5.32 Å². The standard InChI is InChI=1S/C18H27N5OS/c1-14-20-23(13-21(5)12-16(24)19-18(2,3)4)17(25)22(14)11-15-9-7-6-8-10-15/h6-10H,11-13H2,1-5H3,(H,19,24). The number of rotatable bonds is 6. The summed E-state index contributed by atoms with van der Waals surface area (Å²) in [7, 11) is 1.88. The Kier molecular flexibility index (Phi) is 6.13. The maximum Gasteiger partial charge on any atom is 0.234 e. The third-order valence-corrected chi connectivity index (χ3v) is 4.03. The smallest absolute Gasteiger partial charge is 0.234 e. The van der Waals surface area contributed by atoms with E-state index in [1.165, 1.54) is 5.56 Å². The van der Waals surface area contributed by atoms with Crippen LogP contribution in [0, 0.1) is 11.7 Å². The van der Waals surface area contributed by atoms with Crippen LogP contribution in [-0.4, -0.2) is 44.3 Å². The van der Waals surface area contributed by atoms with Gasteiger partial charge in [0.15, 0.2) is 4.77 Å². The summed E-state index contributed by atoms with van der Waals surface area (Å²) in [4.78, 5) is 13.9. The first-order valence-electron chi connectivity index (χ1n) is 8.33. The molecule has 0 saturated heterocycles. The van der Waals surface area contributed by atoms with Gasteiger partial charge in [0.05, 0.1) is 19.8 Å². The highest BCUT2D eigenvalue weighted by Gasteiger charge is 2.16. The topological polar surface area (TPSA) is 55.1 Å². The minimum Gasteiger partial charge on any atom is -0.350 e. The average molecular weight is 362 g/mol. The van der Waals surface area contributed by atoms with Crippen molar-refractivity contribution in [2.75, 3.05) is 13.6 Å². The number of nitrogens with zero attached hydrogens (tertiary/aromatic N) is 4. The molecule has 0 aliphatic carbocycles. The Hall–Kier alpha value is -1.99. The first kappa shape index (κ1) is 19.3. The van der Waals surface area contributed by atoms with E-state index in [4.69, 9.17) is 12.2 Å². The molecule has 1 N–H and O–H groups in total. The molecular weight excluding hydrogens is 334 g/mol. The molecule has 6 nitrogen and oxygen atoms in total.